The Balaban J connectivity index is 4.40. The minimum atomic E-state index is 0.0601. The Morgan fingerprint density at radius 1 is 1.12 bits per heavy atom. The Morgan fingerprint density at radius 3 is 2.06 bits per heavy atom. The summed E-state index contributed by atoms with van der Waals surface area (Å²) < 4.78 is 0. The highest BCUT2D eigenvalue weighted by atomic mass is 16.1. The largest absolute Gasteiger partial charge is 0.359 e. The van der Waals surface area contributed by atoms with Crippen molar-refractivity contribution in [2.75, 3.05) is 7.05 Å². The maximum absolute atomic E-state index is 11.9. The van der Waals surface area contributed by atoms with Gasteiger partial charge >= 0.3 is 0 Å². The summed E-state index contributed by atoms with van der Waals surface area (Å²) in [5, 5.41) is 2.81. The Kier molecular flexibility index (Phi) is 7.49. The Bertz CT molecular complexity index is 217. The first kappa shape index (κ1) is 16.5. The molecule has 0 aromatic heterocycles. The maximum Gasteiger partial charge on any atom is 0.223 e. The fraction of sp³-hybridized carbons (Fsp3) is 0.933. The van der Waals surface area contributed by atoms with Crippen LogP contribution in [0, 0.1) is 17.3 Å². The van der Waals surface area contributed by atoms with Gasteiger partial charge in [0.05, 0.1) is 0 Å². The quantitative estimate of drug-likeness (QED) is 0.717. The third-order valence-electron chi connectivity index (χ3n) is 3.75. The molecule has 0 radical (unpaired) electrons. The second-order valence-electron chi connectivity index (χ2n) is 6.17. The summed E-state index contributed by atoms with van der Waals surface area (Å²) >= 11 is 0. The lowest BCUT2D eigenvalue weighted by Crippen LogP contribution is -2.36. The van der Waals surface area contributed by atoms with E-state index in [0.717, 1.165) is 12.3 Å². The van der Waals surface area contributed by atoms with Crippen LogP contribution >= 0.6 is 0 Å². The van der Waals surface area contributed by atoms with Crippen molar-refractivity contribution in [3.05, 3.63) is 0 Å². The number of carbonyl (C=O) groups excluding carboxylic acids is 1. The molecule has 1 N–H and O–H groups in total. The van der Waals surface area contributed by atoms with Crippen LogP contribution in [0.25, 0.3) is 0 Å². The summed E-state index contributed by atoms with van der Waals surface area (Å²) in [7, 11) is 1.74. The van der Waals surface area contributed by atoms with Gasteiger partial charge in [-0.25, -0.2) is 0 Å². The van der Waals surface area contributed by atoms with Crippen molar-refractivity contribution in [2.45, 2.75) is 66.7 Å². The fourth-order valence-corrected chi connectivity index (χ4v) is 2.49. The van der Waals surface area contributed by atoms with Crippen molar-refractivity contribution in [1.82, 2.24) is 5.32 Å². The summed E-state index contributed by atoms with van der Waals surface area (Å²) in [6.07, 6.45) is 5.97. The van der Waals surface area contributed by atoms with Crippen LogP contribution in [0.4, 0.5) is 0 Å². The van der Waals surface area contributed by atoms with Crippen molar-refractivity contribution < 1.29 is 4.79 Å². The van der Waals surface area contributed by atoms with Gasteiger partial charge in [-0.15, -0.1) is 0 Å². The number of hydrogen-bond donors (Lipinski definition) is 1. The molecule has 0 bridgehead atoms. The van der Waals surface area contributed by atoms with Gasteiger partial charge < -0.3 is 5.32 Å². The molecular weight excluding hydrogens is 210 g/mol. The smallest absolute Gasteiger partial charge is 0.223 e. The molecular formula is C15H31NO. The number of carbonyl (C=O) groups is 1. The van der Waals surface area contributed by atoms with E-state index in [4.69, 9.17) is 0 Å². The Labute approximate surface area is 108 Å². The first-order valence-electron chi connectivity index (χ1n) is 7.08. The van der Waals surface area contributed by atoms with Crippen LogP contribution in [0.1, 0.15) is 66.7 Å². The lowest BCUT2D eigenvalue weighted by molar-refractivity contribution is -0.128. The topological polar surface area (TPSA) is 29.1 Å². The number of amides is 1. The molecule has 0 aliphatic carbocycles. The number of nitrogens with one attached hydrogen (secondary N) is 1. The predicted octanol–water partition coefficient (Wildman–Crippen LogP) is 4.00. The lowest BCUT2D eigenvalue weighted by atomic mass is 9.76. The molecule has 2 unspecified atom stereocenters. The first-order chi connectivity index (χ1) is 7.86. The molecule has 0 fully saturated rings. The summed E-state index contributed by atoms with van der Waals surface area (Å²) in [6, 6.07) is 0. The third kappa shape index (κ3) is 6.09. The number of rotatable bonds is 7. The zero-order valence-electron chi connectivity index (χ0n) is 12.6. The summed E-state index contributed by atoms with van der Waals surface area (Å²) in [5.74, 6) is 1.12. The normalized spacial score (nSPS) is 15.4. The van der Waals surface area contributed by atoms with Gasteiger partial charge in [0.25, 0.3) is 0 Å². The van der Waals surface area contributed by atoms with Crippen LogP contribution in [0.5, 0.6) is 0 Å². The molecule has 2 atom stereocenters. The highest BCUT2D eigenvalue weighted by molar-refractivity contribution is 5.79. The van der Waals surface area contributed by atoms with Crippen LogP contribution in [0.3, 0.4) is 0 Å². The lowest BCUT2D eigenvalue weighted by Gasteiger charge is -2.30. The molecule has 0 rings (SSSR count). The molecule has 0 saturated carbocycles. The van der Waals surface area contributed by atoms with E-state index < -0.39 is 0 Å². The van der Waals surface area contributed by atoms with E-state index >= 15 is 0 Å². The fourth-order valence-electron chi connectivity index (χ4n) is 2.49. The molecule has 0 aromatic carbocycles. The zero-order valence-corrected chi connectivity index (χ0v) is 12.6. The highest BCUT2D eigenvalue weighted by Gasteiger charge is 2.30. The van der Waals surface area contributed by atoms with Crippen LogP contribution in [-0.2, 0) is 4.79 Å². The van der Waals surface area contributed by atoms with Gasteiger partial charge in [-0.3, -0.25) is 4.79 Å². The molecule has 2 heteroatoms. The Morgan fingerprint density at radius 2 is 1.71 bits per heavy atom. The van der Waals surface area contributed by atoms with Crippen LogP contribution in [0.2, 0.25) is 0 Å². The summed E-state index contributed by atoms with van der Waals surface area (Å²) in [4.78, 5) is 11.9. The molecule has 0 saturated heterocycles. The zero-order chi connectivity index (χ0) is 13.5. The van der Waals surface area contributed by atoms with Gasteiger partial charge in [-0.1, -0.05) is 53.9 Å². The minimum Gasteiger partial charge on any atom is -0.359 e. The maximum atomic E-state index is 11.9. The van der Waals surface area contributed by atoms with Gasteiger partial charge in [0.2, 0.25) is 5.91 Å². The molecule has 0 aliphatic heterocycles. The minimum absolute atomic E-state index is 0.0601. The van der Waals surface area contributed by atoms with Gasteiger partial charge in [-0.05, 0) is 24.2 Å². The first-order valence-corrected chi connectivity index (χ1v) is 7.08. The molecule has 2 nitrogen and oxygen atoms in total. The van der Waals surface area contributed by atoms with E-state index in [1.165, 1.54) is 25.7 Å². The molecule has 102 valence electrons. The van der Waals surface area contributed by atoms with Gasteiger partial charge in [0.15, 0.2) is 0 Å². The SMILES string of the molecule is CCCC(CC)CCC(C(=O)NC)C(C)(C)C. The van der Waals surface area contributed by atoms with E-state index in [2.05, 4.69) is 39.9 Å². The van der Waals surface area contributed by atoms with E-state index in [-0.39, 0.29) is 17.2 Å². The monoisotopic (exact) mass is 241 g/mol. The summed E-state index contributed by atoms with van der Waals surface area (Å²) in [5.41, 5.74) is 0.0601. The second-order valence-corrected chi connectivity index (χ2v) is 6.17. The van der Waals surface area contributed by atoms with Gasteiger partial charge in [-0.2, -0.15) is 0 Å². The van der Waals surface area contributed by atoms with E-state index in [0.29, 0.717) is 0 Å². The third-order valence-corrected chi connectivity index (χ3v) is 3.75. The van der Waals surface area contributed by atoms with E-state index in [9.17, 15) is 4.79 Å². The molecule has 0 heterocycles. The molecule has 17 heavy (non-hydrogen) atoms. The molecule has 0 aliphatic rings. The van der Waals surface area contributed by atoms with Gasteiger partial charge in [0, 0.05) is 13.0 Å². The molecule has 0 aromatic rings. The van der Waals surface area contributed by atoms with Crippen molar-refractivity contribution in [3.8, 4) is 0 Å². The van der Waals surface area contributed by atoms with Crippen LogP contribution in [0.15, 0.2) is 0 Å². The van der Waals surface area contributed by atoms with Crippen molar-refractivity contribution >= 4 is 5.91 Å². The van der Waals surface area contributed by atoms with Crippen LogP contribution in [-0.4, -0.2) is 13.0 Å². The second kappa shape index (κ2) is 7.73. The molecule has 1 amide bonds. The highest BCUT2D eigenvalue weighted by Crippen LogP contribution is 2.32. The average Bonchev–Trinajstić information content (AvgIpc) is 2.25. The van der Waals surface area contributed by atoms with Crippen molar-refractivity contribution in [3.63, 3.8) is 0 Å². The Hall–Kier alpha value is -0.530. The predicted molar refractivity (Wildman–Crippen MR) is 74.9 cm³/mol. The van der Waals surface area contributed by atoms with Crippen LogP contribution < -0.4 is 5.32 Å². The van der Waals surface area contributed by atoms with Gasteiger partial charge in [0.1, 0.15) is 0 Å². The number of hydrogen-bond acceptors (Lipinski definition) is 1. The standard InChI is InChI=1S/C15H31NO/c1-7-9-12(8-2)10-11-13(14(17)16-6)15(3,4)5/h12-13H,7-11H2,1-6H3,(H,16,17). The van der Waals surface area contributed by atoms with Crippen molar-refractivity contribution in [2.24, 2.45) is 17.3 Å². The van der Waals surface area contributed by atoms with Crippen molar-refractivity contribution in [1.29, 1.82) is 0 Å². The average molecular weight is 241 g/mol. The van der Waals surface area contributed by atoms with E-state index in [1.54, 1.807) is 7.05 Å². The van der Waals surface area contributed by atoms with E-state index in [1.807, 2.05) is 0 Å². The summed E-state index contributed by atoms with van der Waals surface area (Å²) in [6.45, 7) is 11.0. The molecule has 0 spiro atoms.